The lowest BCUT2D eigenvalue weighted by atomic mass is 10.0. The molecule has 1 atom stereocenters. The van der Waals surface area contributed by atoms with Crippen molar-refractivity contribution >= 4 is 27.5 Å². The SMILES string of the molecule is CCN(CC)S(=O)(=O)c1cccc(C(=O)NC(C(=O)NCc2ccccc2[N+](=O)[O-])C(C)C)c1. The molecule has 0 saturated carbocycles. The average molecular weight is 491 g/mol. The summed E-state index contributed by atoms with van der Waals surface area (Å²) in [6.45, 7) is 7.47. The molecule has 0 aromatic heterocycles. The van der Waals surface area contributed by atoms with E-state index >= 15 is 0 Å². The fraction of sp³-hybridized carbons (Fsp3) is 0.391. The fourth-order valence-corrected chi connectivity index (χ4v) is 4.91. The van der Waals surface area contributed by atoms with Crippen LogP contribution in [0, 0.1) is 16.0 Å². The van der Waals surface area contributed by atoms with Crippen LogP contribution in [0.1, 0.15) is 43.6 Å². The minimum Gasteiger partial charge on any atom is -0.350 e. The fourth-order valence-electron chi connectivity index (χ4n) is 3.40. The molecule has 0 radical (unpaired) electrons. The summed E-state index contributed by atoms with van der Waals surface area (Å²) in [5, 5.41) is 16.5. The van der Waals surface area contributed by atoms with Crippen molar-refractivity contribution in [3.8, 4) is 0 Å². The maximum atomic E-state index is 12.9. The second kappa shape index (κ2) is 11.7. The summed E-state index contributed by atoms with van der Waals surface area (Å²) in [6.07, 6.45) is 0. The van der Waals surface area contributed by atoms with Crippen LogP contribution in [0.5, 0.6) is 0 Å². The first-order chi connectivity index (χ1) is 16.0. The van der Waals surface area contributed by atoms with E-state index in [0.717, 1.165) is 0 Å². The van der Waals surface area contributed by atoms with E-state index in [9.17, 15) is 28.1 Å². The van der Waals surface area contributed by atoms with Crippen molar-refractivity contribution in [1.82, 2.24) is 14.9 Å². The molecule has 0 spiro atoms. The number of sulfonamides is 1. The Bertz CT molecular complexity index is 1150. The maximum absolute atomic E-state index is 12.9. The first kappa shape index (κ1) is 26.9. The van der Waals surface area contributed by atoms with E-state index in [4.69, 9.17) is 0 Å². The van der Waals surface area contributed by atoms with Crippen LogP contribution in [0.25, 0.3) is 0 Å². The van der Waals surface area contributed by atoms with Gasteiger partial charge in [-0.3, -0.25) is 19.7 Å². The quantitative estimate of drug-likeness (QED) is 0.367. The monoisotopic (exact) mass is 490 g/mol. The second-order valence-electron chi connectivity index (χ2n) is 7.92. The number of amides is 2. The zero-order valence-electron chi connectivity index (χ0n) is 19.6. The first-order valence-electron chi connectivity index (χ1n) is 10.9. The Balaban J connectivity index is 2.18. The molecule has 34 heavy (non-hydrogen) atoms. The van der Waals surface area contributed by atoms with Crippen LogP contribution in [-0.4, -0.2) is 48.6 Å². The van der Waals surface area contributed by atoms with Crippen molar-refractivity contribution < 1.29 is 22.9 Å². The summed E-state index contributed by atoms with van der Waals surface area (Å²) in [6, 6.07) is 10.8. The van der Waals surface area contributed by atoms with Gasteiger partial charge in [0.2, 0.25) is 15.9 Å². The van der Waals surface area contributed by atoms with E-state index in [1.54, 1.807) is 39.8 Å². The van der Waals surface area contributed by atoms with E-state index in [0.29, 0.717) is 18.7 Å². The number of hydrogen-bond acceptors (Lipinski definition) is 6. The van der Waals surface area contributed by atoms with Crippen LogP contribution < -0.4 is 10.6 Å². The Hall–Kier alpha value is -3.31. The number of carbonyl (C=O) groups excluding carboxylic acids is 2. The van der Waals surface area contributed by atoms with Gasteiger partial charge in [-0.25, -0.2) is 8.42 Å². The smallest absolute Gasteiger partial charge is 0.274 e. The van der Waals surface area contributed by atoms with Gasteiger partial charge in [0.15, 0.2) is 0 Å². The van der Waals surface area contributed by atoms with Gasteiger partial charge in [-0.15, -0.1) is 0 Å². The van der Waals surface area contributed by atoms with Crippen molar-refractivity contribution in [3.05, 3.63) is 69.8 Å². The number of nitrogens with one attached hydrogen (secondary N) is 2. The van der Waals surface area contributed by atoms with Crippen molar-refractivity contribution in [2.45, 2.75) is 45.2 Å². The number of hydrogen-bond donors (Lipinski definition) is 2. The highest BCUT2D eigenvalue weighted by Crippen LogP contribution is 2.19. The Kier molecular flexibility index (Phi) is 9.28. The summed E-state index contributed by atoms with van der Waals surface area (Å²) in [5.74, 6) is -1.40. The summed E-state index contributed by atoms with van der Waals surface area (Å²) < 4.78 is 26.9. The number of carbonyl (C=O) groups is 2. The molecule has 2 aromatic rings. The second-order valence-corrected chi connectivity index (χ2v) is 9.85. The van der Waals surface area contributed by atoms with Gasteiger partial charge in [-0.2, -0.15) is 4.31 Å². The molecule has 2 N–H and O–H groups in total. The van der Waals surface area contributed by atoms with Gasteiger partial charge in [-0.1, -0.05) is 52.0 Å². The molecule has 2 amide bonds. The van der Waals surface area contributed by atoms with Gasteiger partial charge in [0.25, 0.3) is 11.6 Å². The van der Waals surface area contributed by atoms with E-state index in [-0.39, 0.29) is 28.6 Å². The molecule has 0 aliphatic carbocycles. The van der Waals surface area contributed by atoms with Crippen molar-refractivity contribution in [3.63, 3.8) is 0 Å². The van der Waals surface area contributed by atoms with Gasteiger partial charge in [0.1, 0.15) is 6.04 Å². The number of nitrogens with zero attached hydrogens (tertiary/aromatic N) is 2. The van der Waals surface area contributed by atoms with Crippen molar-refractivity contribution in [2.24, 2.45) is 5.92 Å². The van der Waals surface area contributed by atoms with E-state index < -0.39 is 32.8 Å². The Morgan fingerprint density at radius 3 is 2.29 bits per heavy atom. The minimum atomic E-state index is -3.75. The molecule has 184 valence electrons. The minimum absolute atomic E-state index is 0.00853. The topological polar surface area (TPSA) is 139 Å². The van der Waals surface area contributed by atoms with E-state index in [2.05, 4.69) is 10.6 Å². The number of rotatable bonds is 11. The molecule has 1 unspecified atom stereocenters. The zero-order chi connectivity index (χ0) is 25.5. The number of nitro groups is 1. The predicted molar refractivity (Wildman–Crippen MR) is 128 cm³/mol. The van der Waals surface area contributed by atoms with Crippen molar-refractivity contribution in [2.75, 3.05) is 13.1 Å². The van der Waals surface area contributed by atoms with Gasteiger partial charge >= 0.3 is 0 Å². The van der Waals surface area contributed by atoms with Gasteiger partial charge in [0, 0.05) is 36.8 Å². The zero-order valence-corrected chi connectivity index (χ0v) is 20.5. The van der Waals surface area contributed by atoms with Gasteiger partial charge in [-0.05, 0) is 24.1 Å². The highest BCUT2D eigenvalue weighted by atomic mass is 32.2. The average Bonchev–Trinajstić information content (AvgIpc) is 2.81. The lowest BCUT2D eigenvalue weighted by molar-refractivity contribution is -0.385. The van der Waals surface area contributed by atoms with Crippen LogP contribution >= 0.6 is 0 Å². The standard InChI is InChI=1S/C23H30N4O6S/c1-5-26(6-2)34(32,33)19-12-9-11-17(14-19)22(28)25-21(16(3)4)23(29)24-15-18-10-7-8-13-20(18)27(30)31/h7-14,16,21H,5-6,15H2,1-4H3,(H,24,29)(H,25,28). The number of para-hydroxylation sites is 1. The van der Waals surface area contributed by atoms with Gasteiger partial charge < -0.3 is 10.6 Å². The lowest BCUT2D eigenvalue weighted by Gasteiger charge is -2.22. The van der Waals surface area contributed by atoms with Crippen LogP contribution in [0.2, 0.25) is 0 Å². The first-order valence-corrected chi connectivity index (χ1v) is 12.4. The van der Waals surface area contributed by atoms with E-state index in [1.165, 1.54) is 40.7 Å². The molecule has 2 rings (SSSR count). The van der Waals surface area contributed by atoms with E-state index in [1.807, 2.05) is 0 Å². The molecule has 0 saturated heterocycles. The van der Waals surface area contributed by atoms with Gasteiger partial charge in [0.05, 0.1) is 9.82 Å². The molecule has 0 heterocycles. The third-order valence-electron chi connectivity index (χ3n) is 5.32. The van der Waals surface area contributed by atoms with Crippen molar-refractivity contribution in [1.29, 1.82) is 0 Å². The van der Waals surface area contributed by atoms with Crippen LogP contribution in [0.4, 0.5) is 5.69 Å². The highest BCUT2D eigenvalue weighted by Gasteiger charge is 2.27. The summed E-state index contributed by atoms with van der Waals surface area (Å²) in [7, 11) is -3.75. The third-order valence-corrected chi connectivity index (χ3v) is 7.36. The Morgan fingerprint density at radius 2 is 1.71 bits per heavy atom. The molecule has 10 nitrogen and oxygen atoms in total. The molecule has 0 fully saturated rings. The molecular formula is C23H30N4O6S. The maximum Gasteiger partial charge on any atom is 0.274 e. The molecule has 0 aliphatic rings. The molecule has 0 bridgehead atoms. The largest absolute Gasteiger partial charge is 0.350 e. The van der Waals surface area contributed by atoms with Crippen LogP contribution in [0.3, 0.4) is 0 Å². The van der Waals surface area contributed by atoms with Crippen LogP contribution in [-0.2, 0) is 21.4 Å². The lowest BCUT2D eigenvalue weighted by Crippen LogP contribution is -2.49. The molecular weight excluding hydrogens is 460 g/mol. The Labute approximate surface area is 199 Å². The summed E-state index contributed by atoms with van der Waals surface area (Å²) >= 11 is 0. The predicted octanol–water partition coefficient (Wildman–Crippen LogP) is 2.70. The Morgan fingerprint density at radius 1 is 1.06 bits per heavy atom. The molecule has 0 aliphatic heterocycles. The number of benzene rings is 2. The highest BCUT2D eigenvalue weighted by molar-refractivity contribution is 7.89. The summed E-state index contributed by atoms with van der Waals surface area (Å²) in [5.41, 5.74) is 0.327. The number of nitro benzene ring substituents is 1. The molecule has 11 heteroatoms. The summed E-state index contributed by atoms with van der Waals surface area (Å²) in [4.78, 5) is 36.3. The third kappa shape index (κ3) is 6.39. The normalized spacial score (nSPS) is 12.4. The molecule has 2 aromatic carbocycles. The van der Waals surface area contributed by atoms with Crippen LogP contribution in [0.15, 0.2) is 53.4 Å².